The molecule has 0 unspecified atom stereocenters. The maximum Gasteiger partial charge on any atom is 0.228 e. The summed E-state index contributed by atoms with van der Waals surface area (Å²) < 4.78 is 2.34. The normalized spacial score (nSPS) is 16.9. The van der Waals surface area contributed by atoms with E-state index in [0.717, 1.165) is 25.8 Å². The van der Waals surface area contributed by atoms with E-state index < -0.39 is 5.41 Å². The highest BCUT2D eigenvalue weighted by Crippen LogP contribution is 2.30. The lowest BCUT2D eigenvalue weighted by Gasteiger charge is -2.37. The predicted octanol–water partition coefficient (Wildman–Crippen LogP) is 4.48. The number of para-hydroxylation sites is 1. The molecule has 0 bridgehead atoms. The highest BCUT2D eigenvalue weighted by Gasteiger charge is 2.35. The van der Waals surface area contributed by atoms with Gasteiger partial charge in [0, 0.05) is 47.7 Å². The van der Waals surface area contributed by atoms with E-state index >= 15 is 0 Å². The molecule has 1 amide bonds. The number of carbonyl (C=O) groups is 1. The maximum absolute atomic E-state index is 13.3. The molecule has 0 saturated heterocycles. The van der Waals surface area contributed by atoms with E-state index in [4.69, 9.17) is 0 Å². The van der Waals surface area contributed by atoms with Crippen LogP contribution in [0.25, 0.3) is 10.9 Å². The number of aryl methyl sites for hydroxylation is 1. The number of benzene rings is 2. The van der Waals surface area contributed by atoms with E-state index in [2.05, 4.69) is 60.9 Å². The molecule has 0 saturated carbocycles. The van der Waals surface area contributed by atoms with E-state index in [9.17, 15) is 4.79 Å². The average Bonchev–Trinajstić information content (AvgIpc) is 3.05. The van der Waals surface area contributed by atoms with Crippen LogP contribution in [0.3, 0.4) is 0 Å². The third-order valence-electron chi connectivity index (χ3n) is 5.84. The fourth-order valence-corrected chi connectivity index (χ4v) is 4.34. The molecule has 1 radical (unpaired) electrons. The van der Waals surface area contributed by atoms with Crippen LogP contribution in [0.1, 0.15) is 31.5 Å². The van der Waals surface area contributed by atoms with Crippen molar-refractivity contribution in [3.8, 4) is 0 Å². The van der Waals surface area contributed by atoms with E-state index in [-0.39, 0.29) is 11.9 Å². The van der Waals surface area contributed by atoms with Crippen molar-refractivity contribution < 1.29 is 4.79 Å². The molecule has 139 valence electrons. The number of fused-ring (bicyclic) bond motifs is 3. The summed E-state index contributed by atoms with van der Waals surface area (Å²) in [4.78, 5) is 15.3. The van der Waals surface area contributed by atoms with Crippen LogP contribution in [0, 0.1) is 11.5 Å². The van der Waals surface area contributed by atoms with Crippen LogP contribution < -0.4 is 0 Å². The lowest BCUT2D eigenvalue weighted by molar-refractivity contribution is -0.141. The Labute approximate surface area is 161 Å². The second-order valence-corrected chi connectivity index (χ2v) is 8.35. The van der Waals surface area contributed by atoms with Gasteiger partial charge < -0.3 is 9.47 Å². The molecule has 2 heterocycles. The molecule has 3 heteroatoms. The van der Waals surface area contributed by atoms with Crippen molar-refractivity contribution in [1.29, 1.82) is 0 Å². The zero-order chi connectivity index (χ0) is 19.0. The number of aromatic nitrogens is 1. The van der Waals surface area contributed by atoms with Crippen molar-refractivity contribution >= 4 is 16.8 Å². The monoisotopic (exact) mass is 359 g/mol. The van der Waals surface area contributed by atoms with Gasteiger partial charge in [-0.05, 0) is 30.9 Å². The van der Waals surface area contributed by atoms with Gasteiger partial charge in [-0.15, -0.1) is 0 Å². The Morgan fingerprint density at radius 1 is 1.15 bits per heavy atom. The molecule has 4 rings (SSSR count). The average molecular weight is 359 g/mol. The molecule has 1 aromatic heterocycles. The van der Waals surface area contributed by atoms with Crippen LogP contribution in [0.15, 0.2) is 54.6 Å². The molecule has 2 aromatic carbocycles. The quantitative estimate of drug-likeness (QED) is 0.674. The first-order valence-electron chi connectivity index (χ1n) is 9.76. The van der Waals surface area contributed by atoms with Gasteiger partial charge in [-0.25, -0.2) is 0 Å². The van der Waals surface area contributed by atoms with Crippen LogP contribution >= 0.6 is 0 Å². The van der Waals surface area contributed by atoms with Crippen molar-refractivity contribution in [3.63, 3.8) is 0 Å². The highest BCUT2D eigenvalue weighted by atomic mass is 16.2. The Morgan fingerprint density at radius 2 is 1.85 bits per heavy atom. The van der Waals surface area contributed by atoms with Crippen molar-refractivity contribution in [2.24, 2.45) is 5.41 Å². The Balaban J connectivity index is 1.52. The first kappa shape index (κ1) is 17.8. The van der Waals surface area contributed by atoms with E-state index in [1.165, 1.54) is 22.2 Å². The third-order valence-corrected chi connectivity index (χ3v) is 5.84. The number of amides is 1. The minimum atomic E-state index is -0.415. The molecule has 0 spiro atoms. The fraction of sp³-hybridized carbons (Fsp3) is 0.375. The summed E-state index contributed by atoms with van der Waals surface area (Å²) in [5, 5.41) is 1.17. The van der Waals surface area contributed by atoms with E-state index in [0.29, 0.717) is 0 Å². The summed E-state index contributed by atoms with van der Waals surface area (Å²) in [6.07, 6.45) is 2.72. The number of carbonyl (C=O) groups excluding carboxylic acids is 1. The number of likely N-dealkylation sites (N-methyl/N-ethyl adjacent to an activating group) is 1. The van der Waals surface area contributed by atoms with Gasteiger partial charge in [-0.2, -0.15) is 0 Å². The van der Waals surface area contributed by atoms with Gasteiger partial charge in [-0.3, -0.25) is 4.79 Å². The minimum Gasteiger partial charge on any atom is -0.342 e. The van der Waals surface area contributed by atoms with Gasteiger partial charge in [0.15, 0.2) is 0 Å². The van der Waals surface area contributed by atoms with Gasteiger partial charge in [0.1, 0.15) is 0 Å². The fourth-order valence-electron chi connectivity index (χ4n) is 4.34. The second kappa shape index (κ2) is 6.88. The van der Waals surface area contributed by atoms with Crippen LogP contribution in [0.2, 0.25) is 0 Å². The summed E-state index contributed by atoms with van der Waals surface area (Å²) in [5.74, 6) is 0.222. The Hall–Kier alpha value is -2.55. The predicted molar refractivity (Wildman–Crippen MR) is 110 cm³/mol. The molecular weight excluding hydrogens is 332 g/mol. The van der Waals surface area contributed by atoms with Gasteiger partial charge in [0.05, 0.1) is 0 Å². The van der Waals surface area contributed by atoms with Gasteiger partial charge in [0.2, 0.25) is 5.91 Å². The summed E-state index contributed by atoms with van der Waals surface area (Å²) in [6.45, 7) is 4.97. The number of hydrogen-bond donors (Lipinski definition) is 0. The second-order valence-electron chi connectivity index (χ2n) is 8.35. The molecule has 1 atom stereocenters. The molecular formula is C24H27N2O. The summed E-state index contributed by atoms with van der Waals surface area (Å²) in [7, 11) is 1.97. The first-order chi connectivity index (χ1) is 13.0. The maximum atomic E-state index is 13.3. The zero-order valence-corrected chi connectivity index (χ0v) is 16.4. The number of rotatable bonds is 4. The molecule has 0 fully saturated rings. The van der Waals surface area contributed by atoms with Crippen molar-refractivity contribution in [1.82, 2.24) is 9.47 Å². The number of nitrogens with zero attached hydrogens (tertiary/aromatic N) is 2. The highest BCUT2D eigenvalue weighted by molar-refractivity contribution is 5.83. The summed E-state index contributed by atoms with van der Waals surface area (Å²) in [6, 6.07) is 22.5. The first-order valence-corrected chi connectivity index (χ1v) is 9.76. The standard InChI is InChI=1S/C24H27N2O/c1-24(2,16-18-9-5-4-6-10-18)23(27)25(3)21-14-13-20-15-19-11-7-8-12-22(19)26(20)17-21/h4-12,21H,13-14,16-17H2,1-3H3/t21-/m1/s1. The molecule has 1 aliphatic rings. The van der Waals surface area contributed by atoms with Crippen LogP contribution in [-0.4, -0.2) is 28.5 Å². The van der Waals surface area contributed by atoms with Crippen LogP contribution in [0.4, 0.5) is 0 Å². The van der Waals surface area contributed by atoms with Crippen molar-refractivity contribution in [2.45, 2.75) is 45.7 Å². The third kappa shape index (κ3) is 3.39. The summed E-state index contributed by atoms with van der Waals surface area (Å²) in [5.41, 5.74) is 3.28. The molecule has 3 aromatic rings. The van der Waals surface area contributed by atoms with Crippen LogP contribution in [-0.2, 0) is 24.2 Å². The zero-order valence-electron chi connectivity index (χ0n) is 16.4. The smallest absolute Gasteiger partial charge is 0.228 e. The van der Waals surface area contributed by atoms with Gasteiger partial charge in [-0.1, -0.05) is 62.4 Å². The molecule has 0 aliphatic carbocycles. The van der Waals surface area contributed by atoms with Gasteiger partial charge in [0.25, 0.3) is 0 Å². The lowest BCUT2D eigenvalue weighted by atomic mass is 9.83. The van der Waals surface area contributed by atoms with Crippen LogP contribution in [0.5, 0.6) is 0 Å². The van der Waals surface area contributed by atoms with Crippen molar-refractivity contribution in [2.75, 3.05) is 7.05 Å². The van der Waals surface area contributed by atoms with Gasteiger partial charge >= 0.3 is 0 Å². The SMILES string of the molecule is CN(C(=O)C(C)(C)Cc1ccccc1)[C@@H]1CCc2[c]c3ccccc3n2C1. The Kier molecular flexibility index (Phi) is 4.55. The summed E-state index contributed by atoms with van der Waals surface area (Å²) >= 11 is 0. The largest absolute Gasteiger partial charge is 0.342 e. The lowest BCUT2D eigenvalue weighted by Crippen LogP contribution is -2.48. The van der Waals surface area contributed by atoms with Crippen molar-refractivity contribution in [3.05, 3.63) is 71.9 Å². The van der Waals surface area contributed by atoms with E-state index in [1.54, 1.807) is 0 Å². The molecule has 27 heavy (non-hydrogen) atoms. The molecule has 3 nitrogen and oxygen atoms in total. The topological polar surface area (TPSA) is 25.2 Å². The molecule has 1 aliphatic heterocycles. The molecule has 0 N–H and O–H groups in total. The Morgan fingerprint density at radius 3 is 2.63 bits per heavy atom. The number of hydrogen-bond acceptors (Lipinski definition) is 1. The Bertz CT molecular complexity index is 955. The minimum absolute atomic E-state index is 0.222. The van der Waals surface area contributed by atoms with E-state index in [1.807, 2.05) is 30.1 Å².